The lowest BCUT2D eigenvalue weighted by molar-refractivity contribution is -0.159. The standard InChI is InChI=1S/C21H23FN2O2/c22-17-8-6-16(7-9-17)20(23-18-4-2-1-3-5-18)21(25)26-19-14-24-12-10-15(19)11-13-24/h1-9,15,19-20,23H,10-14H2. The van der Waals surface area contributed by atoms with Crippen molar-refractivity contribution >= 4 is 11.7 Å². The van der Waals surface area contributed by atoms with E-state index in [0.717, 1.165) is 38.2 Å². The molecule has 0 aromatic heterocycles. The summed E-state index contributed by atoms with van der Waals surface area (Å²) in [6.07, 6.45) is 2.13. The van der Waals surface area contributed by atoms with Crippen LogP contribution in [0.5, 0.6) is 0 Å². The summed E-state index contributed by atoms with van der Waals surface area (Å²) in [6, 6.07) is 14.9. The molecule has 3 aliphatic heterocycles. The van der Waals surface area contributed by atoms with E-state index in [2.05, 4.69) is 10.2 Å². The molecule has 136 valence electrons. The molecule has 0 aliphatic carbocycles. The fraction of sp³-hybridized carbons (Fsp3) is 0.381. The van der Waals surface area contributed by atoms with Crippen LogP contribution in [0.15, 0.2) is 54.6 Å². The Balaban J connectivity index is 1.53. The lowest BCUT2D eigenvalue weighted by atomic mass is 9.86. The maximum atomic E-state index is 13.3. The van der Waals surface area contributed by atoms with Crippen LogP contribution in [0.2, 0.25) is 0 Å². The van der Waals surface area contributed by atoms with E-state index in [1.165, 1.54) is 12.1 Å². The Hall–Kier alpha value is -2.40. The van der Waals surface area contributed by atoms with Crippen molar-refractivity contribution in [3.05, 3.63) is 66.0 Å². The van der Waals surface area contributed by atoms with E-state index in [0.29, 0.717) is 11.5 Å². The second-order valence-electron chi connectivity index (χ2n) is 7.11. The first kappa shape index (κ1) is 17.0. The third-order valence-corrected chi connectivity index (χ3v) is 5.39. The van der Waals surface area contributed by atoms with Crippen molar-refractivity contribution < 1.29 is 13.9 Å². The Kier molecular flexibility index (Phi) is 4.89. The predicted molar refractivity (Wildman–Crippen MR) is 98.2 cm³/mol. The van der Waals surface area contributed by atoms with Gasteiger partial charge >= 0.3 is 5.97 Å². The minimum absolute atomic E-state index is 0.0504. The first-order valence-corrected chi connectivity index (χ1v) is 9.19. The summed E-state index contributed by atoms with van der Waals surface area (Å²) in [5, 5.41) is 3.24. The number of esters is 1. The maximum absolute atomic E-state index is 13.3. The van der Waals surface area contributed by atoms with E-state index in [9.17, 15) is 9.18 Å². The Bertz CT molecular complexity index is 742. The van der Waals surface area contributed by atoms with Crippen molar-refractivity contribution in [1.82, 2.24) is 4.90 Å². The van der Waals surface area contributed by atoms with Crippen molar-refractivity contribution in [2.24, 2.45) is 5.92 Å². The normalized spacial score (nSPS) is 25.5. The first-order valence-electron chi connectivity index (χ1n) is 9.19. The second kappa shape index (κ2) is 7.46. The molecule has 2 unspecified atom stereocenters. The van der Waals surface area contributed by atoms with Gasteiger partial charge in [-0.1, -0.05) is 30.3 Å². The number of carbonyl (C=O) groups is 1. The van der Waals surface area contributed by atoms with Gasteiger partial charge in [0.1, 0.15) is 11.9 Å². The molecule has 26 heavy (non-hydrogen) atoms. The summed E-state index contributed by atoms with van der Waals surface area (Å²) in [7, 11) is 0. The van der Waals surface area contributed by atoms with Gasteiger partial charge in [-0.05, 0) is 61.7 Å². The minimum atomic E-state index is -0.659. The highest BCUT2D eigenvalue weighted by molar-refractivity contribution is 5.81. The number of hydrogen-bond acceptors (Lipinski definition) is 4. The fourth-order valence-electron chi connectivity index (χ4n) is 3.90. The van der Waals surface area contributed by atoms with Gasteiger partial charge in [0.15, 0.2) is 6.04 Å². The molecule has 0 radical (unpaired) electrons. The molecular formula is C21H23FN2O2. The van der Waals surface area contributed by atoms with Crippen LogP contribution in [0.25, 0.3) is 0 Å². The van der Waals surface area contributed by atoms with Gasteiger partial charge in [0.2, 0.25) is 0 Å². The number of carbonyl (C=O) groups excluding carboxylic acids is 1. The fourth-order valence-corrected chi connectivity index (χ4v) is 3.90. The van der Waals surface area contributed by atoms with Gasteiger partial charge in [-0.3, -0.25) is 4.90 Å². The molecule has 2 aromatic carbocycles. The molecule has 2 atom stereocenters. The number of benzene rings is 2. The third kappa shape index (κ3) is 3.73. The molecule has 1 N–H and O–H groups in total. The molecule has 2 aromatic rings. The summed E-state index contributed by atoms with van der Waals surface area (Å²) in [6.45, 7) is 3.02. The highest BCUT2D eigenvalue weighted by atomic mass is 19.1. The number of halogens is 1. The zero-order chi connectivity index (χ0) is 17.9. The van der Waals surface area contributed by atoms with Crippen molar-refractivity contribution in [3.63, 3.8) is 0 Å². The Labute approximate surface area is 153 Å². The van der Waals surface area contributed by atoms with Gasteiger partial charge in [0.25, 0.3) is 0 Å². The molecule has 2 bridgehead atoms. The molecule has 3 heterocycles. The van der Waals surface area contributed by atoms with Crippen molar-refractivity contribution in [3.8, 4) is 0 Å². The van der Waals surface area contributed by atoms with Crippen molar-refractivity contribution in [2.45, 2.75) is 25.0 Å². The average Bonchev–Trinajstić information content (AvgIpc) is 2.69. The minimum Gasteiger partial charge on any atom is -0.459 e. The van der Waals surface area contributed by atoms with E-state index in [-0.39, 0.29) is 17.9 Å². The van der Waals surface area contributed by atoms with Crippen LogP contribution in [0.4, 0.5) is 10.1 Å². The molecule has 0 amide bonds. The Morgan fingerprint density at radius 1 is 1.08 bits per heavy atom. The molecule has 4 nitrogen and oxygen atoms in total. The van der Waals surface area contributed by atoms with E-state index >= 15 is 0 Å². The Morgan fingerprint density at radius 3 is 2.38 bits per heavy atom. The van der Waals surface area contributed by atoms with Gasteiger partial charge in [0, 0.05) is 12.2 Å². The van der Waals surface area contributed by atoms with E-state index < -0.39 is 6.04 Å². The largest absolute Gasteiger partial charge is 0.459 e. The van der Waals surface area contributed by atoms with Crippen LogP contribution in [0.3, 0.4) is 0 Å². The second-order valence-corrected chi connectivity index (χ2v) is 7.11. The third-order valence-electron chi connectivity index (χ3n) is 5.39. The number of rotatable bonds is 5. The zero-order valence-corrected chi connectivity index (χ0v) is 14.6. The van der Waals surface area contributed by atoms with Gasteiger partial charge < -0.3 is 10.1 Å². The van der Waals surface area contributed by atoms with Crippen LogP contribution in [0.1, 0.15) is 24.4 Å². The number of para-hydroxylation sites is 1. The molecule has 3 aliphatic rings. The summed E-state index contributed by atoms with van der Waals surface area (Å²) < 4.78 is 19.2. The summed E-state index contributed by atoms with van der Waals surface area (Å²) in [5.41, 5.74) is 1.52. The number of nitrogens with one attached hydrogen (secondary N) is 1. The first-order chi connectivity index (χ1) is 12.7. The number of anilines is 1. The molecular weight excluding hydrogens is 331 g/mol. The number of hydrogen-bond donors (Lipinski definition) is 1. The quantitative estimate of drug-likeness (QED) is 0.833. The number of piperidine rings is 3. The highest BCUT2D eigenvalue weighted by Gasteiger charge is 2.37. The van der Waals surface area contributed by atoms with Crippen LogP contribution < -0.4 is 5.32 Å². The summed E-state index contributed by atoms with van der Waals surface area (Å²) in [5.74, 6) is -0.174. The van der Waals surface area contributed by atoms with Crippen LogP contribution >= 0.6 is 0 Å². The summed E-state index contributed by atoms with van der Waals surface area (Å²) >= 11 is 0. The highest BCUT2D eigenvalue weighted by Crippen LogP contribution is 2.31. The summed E-state index contributed by atoms with van der Waals surface area (Å²) in [4.78, 5) is 15.3. The Morgan fingerprint density at radius 2 is 1.77 bits per heavy atom. The van der Waals surface area contributed by atoms with Crippen molar-refractivity contribution in [1.29, 1.82) is 0 Å². The monoisotopic (exact) mass is 354 g/mol. The molecule has 3 fully saturated rings. The molecule has 5 heteroatoms. The predicted octanol–water partition coefficient (Wildman–Crippen LogP) is 3.62. The molecule has 5 rings (SSSR count). The topological polar surface area (TPSA) is 41.6 Å². The number of fused-ring (bicyclic) bond motifs is 3. The van der Waals surface area contributed by atoms with Gasteiger partial charge in [-0.25, -0.2) is 9.18 Å². The molecule has 0 spiro atoms. The SMILES string of the molecule is O=C(OC1CN2CCC1CC2)C(Nc1ccccc1)c1ccc(F)cc1. The van der Waals surface area contributed by atoms with Gasteiger partial charge in [-0.2, -0.15) is 0 Å². The lowest BCUT2D eigenvalue weighted by Gasteiger charge is -2.44. The molecule has 3 saturated heterocycles. The van der Waals surface area contributed by atoms with Crippen molar-refractivity contribution in [2.75, 3.05) is 25.0 Å². The van der Waals surface area contributed by atoms with Crippen LogP contribution in [-0.2, 0) is 9.53 Å². The molecule has 0 saturated carbocycles. The maximum Gasteiger partial charge on any atom is 0.333 e. The van der Waals surface area contributed by atoms with Crippen LogP contribution in [-0.4, -0.2) is 36.6 Å². The lowest BCUT2D eigenvalue weighted by Crippen LogP contribution is -2.52. The van der Waals surface area contributed by atoms with E-state index in [1.807, 2.05) is 30.3 Å². The van der Waals surface area contributed by atoms with E-state index in [1.54, 1.807) is 12.1 Å². The smallest absolute Gasteiger partial charge is 0.333 e. The average molecular weight is 354 g/mol. The van der Waals surface area contributed by atoms with Gasteiger partial charge in [0.05, 0.1) is 0 Å². The van der Waals surface area contributed by atoms with E-state index in [4.69, 9.17) is 4.74 Å². The van der Waals surface area contributed by atoms with Gasteiger partial charge in [-0.15, -0.1) is 0 Å². The number of nitrogens with zero attached hydrogens (tertiary/aromatic N) is 1. The zero-order valence-electron chi connectivity index (χ0n) is 14.6. The van der Waals surface area contributed by atoms with Crippen LogP contribution in [0, 0.1) is 11.7 Å². The number of ether oxygens (including phenoxy) is 1.